The normalized spacial score (nSPS) is 12.1. The van der Waals surface area contributed by atoms with Crippen molar-refractivity contribution in [3.8, 4) is 0 Å². The van der Waals surface area contributed by atoms with Gasteiger partial charge in [0, 0.05) is 11.3 Å². The van der Waals surface area contributed by atoms with Gasteiger partial charge in [-0.2, -0.15) is 8.78 Å². The summed E-state index contributed by atoms with van der Waals surface area (Å²) in [4.78, 5) is 11.2. The van der Waals surface area contributed by atoms with E-state index < -0.39 is 28.8 Å². The van der Waals surface area contributed by atoms with E-state index in [1.807, 2.05) is 0 Å². The van der Waals surface area contributed by atoms with Gasteiger partial charge in [-0.1, -0.05) is 18.7 Å². The number of hydrogen-bond donors (Lipinski definition) is 3. The minimum Gasteiger partial charge on any atom is -0.493 e. The van der Waals surface area contributed by atoms with E-state index >= 15 is 0 Å². The number of allylic oxidation sites excluding steroid dienone is 2. The van der Waals surface area contributed by atoms with E-state index in [0.29, 0.717) is 6.21 Å². The third-order valence-corrected chi connectivity index (χ3v) is 2.63. The zero-order valence-electron chi connectivity index (χ0n) is 11.3. The first kappa shape index (κ1) is 16.4. The maximum Gasteiger partial charge on any atom is 0.316 e. The minimum atomic E-state index is -3.54. The molecule has 1 amide bonds. The lowest BCUT2D eigenvalue weighted by atomic mass is 10.0. The number of alkyl halides is 2. The van der Waals surface area contributed by atoms with Gasteiger partial charge >= 0.3 is 5.92 Å². The molecule has 0 aliphatic heterocycles. The summed E-state index contributed by atoms with van der Waals surface area (Å²) in [7, 11) is 1.14. The molecule has 5 nitrogen and oxygen atoms in total. The summed E-state index contributed by atoms with van der Waals surface area (Å²) in [5, 5.41) is 9.38. The van der Waals surface area contributed by atoms with Gasteiger partial charge in [-0.15, -0.1) is 0 Å². The molecule has 0 aliphatic carbocycles. The van der Waals surface area contributed by atoms with Crippen LogP contribution >= 0.6 is 0 Å². The third kappa shape index (κ3) is 3.65. The average Bonchev–Trinajstić information content (AvgIpc) is 2.48. The van der Waals surface area contributed by atoms with Crippen molar-refractivity contribution in [1.82, 2.24) is 0 Å². The molecular formula is C14H15F2N3O2. The van der Waals surface area contributed by atoms with Gasteiger partial charge in [-0.3, -0.25) is 4.79 Å². The number of amides is 1. The summed E-state index contributed by atoms with van der Waals surface area (Å²) in [6, 6.07) is 5.06. The molecule has 1 aromatic rings. The van der Waals surface area contributed by atoms with Crippen LogP contribution in [0.1, 0.15) is 5.56 Å². The molecular weight excluding hydrogens is 280 g/mol. The number of carbonyl (C=O) groups excluding carboxylic acids is 1. The van der Waals surface area contributed by atoms with Crippen molar-refractivity contribution < 1.29 is 18.3 Å². The van der Waals surface area contributed by atoms with Crippen LogP contribution in [-0.4, -0.2) is 19.2 Å². The molecule has 0 saturated heterocycles. The molecule has 0 saturated carbocycles. The maximum atomic E-state index is 14.3. The second-order valence-electron chi connectivity index (χ2n) is 3.97. The Bertz CT molecular complexity index is 598. The Morgan fingerprint density at radius 1 is 1.52 bits per heavy atom. The molecule has 1 aromatic carbocycles. The highest BCUT2D eigenvalue weighted by atomic mass is 19.3. The van der Waals surface area contributed by atoms with Gasteiger partial charge in [0.05, 0.1) is 13.3 Å². The minimum absolute atomic E-state index is 0.179. The van der Waals surface area contributed by atoms with Gasteiger partial charge in [0.1, 0.15) is 5.70 Å². The van der Waals surface area contributed by atoms with Gasteiger partial charge in [0.2, 0.25) is 5.91 Å². The van der Waals surface area contributed by atoms with Gasteiger partial charge in [-0.25, -0.2) is 0 Å². The fourth-order valence-corrected chi connectivity index (χ4v) is 1.54. The molecule has 0 bridgehead atoms. The first-order valence-electron chi connectivity index (χ1n) is 5.83. The van der Waals surface area contributed by atoms with Gasteiger partial charge in [-0.05, 0) is 18.2 Å². The maximum absolute atomic E-state index is 14.3. The van der Waals surface area contributed by atoms with E-state index in [1.54, 1.807) is 0 Å². The predicted octanol–water partition coefficient (Wildman–Crippen LogP) is 2.37. The highest BCUT2D eigenvalue weighted by Crippen LogP contribution is 2.35. The summed E-state index contributed by atoms with van der Waals surface area (Å²) in [6.07, 6.45) is 1.63. The molecule has 0 atom stereocenters. The number of hydrogen-bond acceptors (Lipinski definition) is 4. The molecule has 0 spiro atoms. The molecule has 112 valence electrons. The number of ether oxygens (including phenoxy) is 1. The molecule has 0 heterocycles. The first-order chi connectivity index (χ1) is 9.86. The van der Waals surface area contributed by atoms with Crippen LogP contribution in [0.2, 0.25) is 0 Å². The fraction of sp³-hybridized carbons (Fsp3) is 0.143. The van der Waals surface area contributed by atoms with Gasteiger partial charge in [0.25, 0.3) is 0 Å². The average molecular weight is 295 g/mol. The SMILES string of the molecule is C=CC(=O)Nc1cccc(C(F)(F)/C(N)=C(/C=N)OC)c1. The topological polar surface area (TPSA) is 88.2 Å². The quantitative estimate of drug-likeness (QED) is 0.427. The molecule has 0 unspecified atom stereocenters. The van der Waals surface area contributed by atoms with E-state index in [1.165, 1.54) is 12.1 Å². The standard InChI is InChI=1S/C14H15F2N3O2/c1-3-12(20)19-10-6-4-5-9(7-10)14(15,16)13(18)11(8-17)21-2/h3-8,17H,1,18H2,2H3,(H,19,20)/b13-11+,17-8?. The van der Waals surface area contributed by atoms with E-state index in [0.717, 1.165) is 25.3 Å². The summed E-state index contributed by atoms with van der Waals surface area (Å²) >= 11 is 0. The summed E-state index contributed by atoms with van der Waals surface area (Å²) in [6.45, 7) is 3.27. The molecule has 1 rings (SSSR count). The number of nitrogens with two attached hydrogens (primary N) is 1. The highest BCUT2D eigenvalue weighted by molar-refractivity contribution is 5.98. The Hall–Kier alpha value is -2.70. The summed E-state index contributed by atoms with van der Waals surface area (Å²) < 4.78 is 33.2. The number of rotatable bonds is 6. The Kier molecular flexibility index (Phi) is 5.18. The van der Waals surface area contributed by atoms with Gasteiger partial charge < -0.3 is 21.2 Å². The lowest BCUT2D eigenvalue weighted by Crippen LogP contribution is -2.26. The van der Waals surface area contributed by atoms with Crippen LogP contribution in [0.25, 0.3) is 0 Å². The lowest BCUT2D eigenvalue weighted by Gasteiger charge is -2.19. The van der Waals surface area contributed by atoms with Crippen molar-refractivity contribution in [2.24, 2.45) is 5.73 Å². The van der Waals surface area contributed by atoms with Crippen LogP contribution in [0.3, 0.4) is 0 Å². The first-order valence-corrected chi connectivity index (χ1v) is 5.83. The zero-order chi connectivity index (χ0) is 16.0. The summed E-state index contributed by atoms with van der Waals surface area (Å²) in [5.74, 6) is -4.49. The van der Waals surface area contributed by atoms with Gasteiger partial charge in [0.15, 0.2) is 5.76 Å². The van der Waals surface area contributed by atoms with E-state index in [4.69, 9.17) is 11.1 Å². The molecule has 0 aromatic heterocycles. The highest BCUT2D eigenvalue weighted by Gasteiger charge is 2.37. The van der Waals surface area contributed by atoms with Crippen LogP contribution in [0.15, 0.2) is 48.4 Å². The van der Waals surface area contributed by atoms with E-state index in [-0.39, 0.29) is 5.69 Å². The van der Waals surface area contributed by atoms with E-state index in [2.05, 4.69) is 16.6 Å². The molecule has 0 radical (unpaired) electrons. The summed E-state index contributed by atoms with van der Waals surface area (Å²) in [5.41, 5.74) is 4.24. The molecule has 0 aliphatic rings. The molecule has 0 fully saturated rings. The Balaban J connectivity index is 3.23. The number of nitrogens with one attached hydrogen (secondary N) is 2. The molecule has 4 N–H and O–H groups in total. The van der Waals surface area contributed by atoms with Crippen LogP contribution in [0, 0.1) is 5.41 Å². The lowest BCUT2D eigenvalue weighted by molar-refractivity contribution is -0.111. The van der Waals surface area contributed by atoms with Crippen molar-refractivity contribution in [1.29, 1.82) is 5.41 Å². The molecule has 7 heteroatoms. The monoisotopic (exact) mass is 295 g/mol. The van der Waals surface area contributed by atoms with Crippen molar-refractivity contribution in [2.75, 3.05) is 12.4 Å². The van der Waals surface area contributed by atoms with E-state index in [9.17, 15) is 13.6 Å². The second-order valence-corrected chi connectivity index (χ2v) is 3.97. The Labute approximate surface area is 120 Å². The predicted molar refractivity (Wildman–Crippen MR) is 76.2 cm³/mol. The van der Waals surface area contributed by atoms with Crippen molar-refractivity contribution in [3.63, 3.8) is 0 Å². The number of methoxy groups -OCH3 is 1. The number of carbonyl (C=O) groups is 1. The van der Waals surface area contributed by atoms with Crippen molar-refractivity contribution >= 4 is 17.8 Å². The fourth-order valence-electron chi connectivity index (χ4n) is 1.54. The van der Waals surface area contributed by atoms with Crippen LogP contribution < -0.4 is 11.1 Å². The van der Waals surface area contributed by atoms with Crippen LogP contribution in [0.4, 0.5) is 14.5 Å². The number of benzene rings is 1. The van der Waals surface area contributed by atoms with Crippen LogP contribution in [0.5, 0.6) is 0 Å². The van der Waals surface area contributed by atoms with Crippen molar-refractivity contribution in [3.05, 3.63) is 53.9 Å². The number of halogens is 2. The Morgan fingerprint density at radius 2 is 2.19 bits per heavy atom. The Morgan fingerprint density at radius 3 is 2.71 bits per heavy atom. The zero-order valence-corrected chi connectivity index (χ0v) is 11.3. The largest absolute Gasteiger partial charge is 0.493 e. The molecule has 21 heavy (non-hydrogen) atoms. The number of anilines is 1. The smallest absolute Gasteiger partial charge is 0.316 e. The third-order valence-electron chi connectivity index (χ3n) is 2.63. The second kappa shape index (κ2) is 6.65. The van der Waals surface area contributed by atoms with Crippen LogP contribution in [-0.2, 0) is 15.5 Å². The van der Waals surface area contributed by atoms with Crippen molar-refractivity contribution in [2.45, 2.75) is 5.92 Å².